The summed E-state index contributed by atoms with van der Waals surface area (Å²) in [5.74, 6) is -3.98. The Labute approximate surface area is 189 Å². The van der Waals surface area contributed by atoms with E-state index in [1.54, 1.807) is 0 Å². The van der Waals surface area contributed by atoms with Crippen LogP contribution in [0.2, 0.25) is 5.02 Å². The first-order valence-corrected chi connectivity index (χ1v) is 12.2. The summed E-state index contributed by atoms with van der Waals surface area (Å²) >= 11 is 6.22. The van der Waals surface area contributed by atoms with E-state index in [2.05, 4.69) is 16.9 Å². The Hall–Kier alpha value is -2.04. The van der Waals surface area contributed by atoms with Crippen molar-refractivity contribution in [2.45, 2.75) is 36.1 Å². The third-order valence-electron chi connectivity index (χ3n) is 7.61. The van der Waals surface area contributed by atoms with Crippen molar-refractivity contribution in [3.05, 3.63) is 46.9 Å². The van der Waals surface area contributed by atoms with Gasteiger partial charge in [-0.2, -0.15) is 4.39 Å². The molecule has 2 atom stereocenters. The minimum Gasteiger partial charge on any atom is -0.370 e. The molecule has 0 radical (unpaired) electrons. The molecule has 0 amide bonds. The van der Waals surface area contributed by atoms with Gasteiger partial charge in [-0.05, 0) is 44.9 Å². The molecule has 1 N–H and O–H groups in total. The molecule has 2 spiro atoms. The molecule has 1 unspecified atom stereocenters. The van der Waals surface area contributed by atoms with Gasteiger partial charge in [0.15, 0.2) is 10.7 Å². The van der Waals surface area contributed by atoms with Crippen LogP contribution >= 0.6 is 11.6 Å². The molecule has 11 heteroatoms. The van der Waals surface area contributed by atoms with Gasteiger partial charge in [-0.15, -0.1) is 0 Å². The Morgan fingerprint density at radius 1 is 1.12 bits per heavy atom. The van der Waals surface area contributed by atoms with Gasteiger partial charge in [-0.25, -0.2) is 22.2 Å². The van der Waals surface area contributed by atoms with Crippen molar-refractivity contribution in [3.63, 3.8) is 0 Å². The maximum absolute atomic E-state index is 15.1. The normalized spacial score (nSPS) is 27.6. The van der Waals surface area contributed by atoms with E-state index in [9.17, 15) is 17.2 Å². The largest absolute Gasteiger partial charge is 0.370 e. The Balaban J connectivity index is 1.45. The van der Waals surface area contributed by atoms with Gasteiger partial charge in [0.1, 0.15) is 16.7 Å². The molecule has 1 aromatic carbocycles. The lowest BCUT2D eigenvalue weighted by atomic mass is 9.49. The minimum atomic E-state index is -4.73. The SMILES string of the molecule is CN1CCC12CC[C@@]21CCN(c2cc(F)c(S(=O)(=O)Nc3cccc(F)n3)c(F)c2Cl)C1. The molecule has 5 rings (SSSR count). The third kappa shape index (κ3) is 3.03. The van der Waals surface area contributed by atoms with Crippen molar-refractivity contribution in [2.75, 3.05) is 36.3 Å². The number of rotatable bonds is 4. The summed E-state index contributed by atoms with van der Waals surface area (Å²) in [5, 5.41) is -0.452. The Morgan fingerprint density at radius 3 is 2.50 bits per heavy atom. The van der Waals surface area contributed by atoms with Crippen molar-refractivity contribution in [1.29, 1.82) is 0 Å². The fourth-order valence-corrected chi connectivity index (χ4v) is 7.19. The summed E-state index contributed by atoms with van der Waals surface area (Å²) in [6.45, 7) is 2.25. The standard InChI is InChI=1S/C21H22ClF3N4O2S/c1-28-9-8-21(28)6-5-20(21)7-10-29(12-20)14-11-13(23)19(18(25)17(14)22)32(30,31)27-16-4-2-3-15(24)26-16/h2-4,11H,5-10,12H2,1H3,(H,26,27)/t20-,21?/m0/s1. The number of fused-ring (bicyclic) bond motifs is 1. The second-order valence-corrected chi connectivity index (χ2v) is 10.9. The molecular weight excluding hydrogens is 465 g/mol. The average molecular weight is 487 g/mol. The summed E-state index contributed by atoms with van der Waals surface area (Å²) in [6, 6.07) is 4.37. The van der Waals surface area contributed by atoms with Gasteiger partial charge >= 0.3 is 0 Å². The highest BCUT2D eigenvalue weighted by atomic mass is 35.5. The van der Waals surface area contributed by atoms with E-state index in [0.717, 1.165) is 44.4 Å². The number of sulfonamides is 1. The van der Waals surface area contributed by atoms with E-state index in [1.165, 1.54) is 12.1 Å². The van der Waals surface area contributed by atoms with E-state index in [0.29, 0.717) is 13.1 Å². The Morgan fingerprint density at radius 2 is 1.91 bits per heavy atom. The molecule has 1 saturated carbocycles. The number of halogens is 4. The van der Waals surface area contributed by atoms with Crippen LogP contribution in [0, 0.1) is 23.0 Å². The fraction of sp³-hybridized carbons (Fsp3) is 0.476. The summed E-state index contributed by atoms with van der Waals surface area (Å²) in [4.78, 5) is 6.36. The molecule has 1 aliphatic carbocycles. The second-order valence-electron chi connectivity index (χ2n) is 8.94. The number of aromatic nitrogens is 1. The quantitative estimate of drug-likeness (QED) is 0.522. The molecule has 172 valence electrons. The maximum Gasteiger partial charge on any atom is 0.268 e. The minimum absolute atomic E-state index is 0.0611. The van der Waals surface area contributed by atoms with Gasteiger partial charge in [0.2, 0.25) is 5.95 Å². The van der Waals surface area contributed by atoms with Crippen LogP contribution in [0.4, 0.5) is 24.7 Å². The van der Waals surface area contributed by atoms with Crippen LogP contribution < -0.4 is 9.62 Å². The molecule has 3 aliphatic rings. The van der Waals surface area contributed by atoms with E-state index >= 15 is 4.39 Å². The molecular formula is C21H22ClF3N4O2S. The Bertz CT molecular complexity index is 1210. The molecule has 3 heterocycles. The van der Waals surface area contributed by atoms with Crippen LogP contribution in [0.25, 0.3) is 0 Å². The number of hydrogen-bond donors (Lipinski definition) is 1. The summed E-state index contributed by atoms with van der Waals surface area (Å²) in [5.41, 5.74) is 0.354. The van der Waals surface area contributed by atoms with Crippen molar-refractivity contribution in [1.82, 2.24) is 9.88 Å². The smallest absolute Gasteiger partial charge is 0.268 e. The predicted molar refractivity (Wildman–Crippen MR) is 115 cm³/mol. The van der Waals surface area contributed by atoms with Gasteiger partial charge in [-0.1, -0.05) is 17.7 Å². The van der Waals surface area contributed by atoms with Gasteiger partial charge in [0.05, 0.1) is 5.69 Å². The number of pyridine rings is 1. The van der Waals surface area contributed by atoms with E-state index in [4.69, 9.17) is 11.6 Å². The number of likely N-dealkylation sites (tertiary alicyclic amines) is 1. The maximum atomic E-state index is 15.1. The van der Waals surface area contributed by atoms with Crippen LogP contribution in [-0.4, -0.2) is 50.5 Å². The van der Waals surface area contributed by atoms with Crippen molar-refractivity contribution in [3.8, 4) is 0 Å². The van der Waals surface area contributed by atoms with Crippen molar-refractivity contribution >= 4 is 33.1 Å². The summed E-state index contributed by atoms with van der Waals surface area (Å²) in [7, 11) is -2.62. The second kappa shape index (κ2) is 7.23. The lowest BCUT2D eigenvalue weighted by Crippen LogP contribution is -2.73. The number of nitrogens with one attached hydrogen (secondary N) is 1. The van der Waals surface area contributed by atoms with E-state index in [-0.39, 0.29) is 16.6 Å². The highest BCUT2D eigenvalue weighted by Crippen LogP contribution is 2.63. The van der Waals surface area contributed by atoms with Crippen LogP contribution in [0.5, 0.6) is 0 Å². The van der Waals surface area contributed by atoms with Crippen LogP contribution in [-0.2, 0) is 10.0 Å². The first kappa shape index (κ1) is 21.8. The summed E-state index contributed by atoms with van der Waals surface area (Å²) in [6.07, 6.45) is 4.17. The topological polar surface area (TPSA) is 65.5 Å². The third-order valence-corrected chi connectivity index (χ3v) is 9.36. The number of nitrogens with zero attached hydrogens (tertiary/aromatic N) is 3. The fourth-order valence-electron chi connectivity index (χ4n) is 5.72. The number of anilines is 2. The van der Waals surface area contributed by atoms with Crippen LogP contribution in [0.3, 0.4) is 0 Å². The molecule has 3 fully saturated rings. The lowest BCUT2D eigenvalue weighted by molar-refractivity contribution is -0.162. The average Bonchev–Trinajstić information content (AvgIpc) is 3.16. The zero-order chi connectivity index (χ0) is 22.9. The molecule has 2 aliphatic heterocycles. The van der Waals surface area contributed by atoms with E-state index in [1.807, 2.05) is 9.62 Å². The van der Waals surface area contributed by atoms with Crippen molar-refractivity contribution in [2.24, 2.45) is 5.41 Å². The molecule has 2 saturated heterocycles. The van der Waals surface area contributed by atoms with Gasteiger partial charge in [0.25, 0.3) is 10.0 Å². The van der Waals surface area contributed by atoms with Gasteiger partial charge < -0.3 is 4.90 Å². The number of hydrogen-bond acceptors (Lipinski definition) is 5. The van der Waals surface area contributed by atoms with Gasteiger partial charge in [0, 0.05) is 36.7 Å². The molecule has 6 nitrogen and oxygen atoms in total. The molecule has 1 aromatic heterocycles. The zero-order valence-corrected chi connectivity index (χ0v) is 18.9. The Kier molecular flexibility index (Phi) is 4.92. The van der Waals surface area contributed by atoms with Crippen molar-refractivity contribution < 1.29 is 21.6 Å². The van der Waals surface area contributed by atoms with Crippen LogP contribution in [0.15, 0.2) is 29.2 Å². The first-order valence-electron chi connectivity index (χ1n) is 10.4. The molecule has 2 aromatic rings. The summed E-state index contributed by atoms with van der Waals surface area (Å²) < 4.78 is 70.5. The highest BCUT2D eigenvalue weighted by molar-refractivity contribution is 7.92. The first-order chi connectivity index (χ1) is 15.1. The monoisotopic (exact) mass is 486 g/mol. The highest BCUT2D eigenvalue weighted by Gasteiger charge is 2.66. The zero-order valence-electron chi connectivity index (χ0n) is 17.3. The van der Waals surface area contributed by atoms with Gasteiger partial charge in [-0.3, -0.25) is 9.62 Å². The lowest BCUT2D eigenvalue weighted by Gasteiger charge is -2.68. The molecule has 0 bridgehead atoms. The predicted octanol–water partition coefficient (Wildman–Crippen LogP) is 4.02. The number of benzene rings is 1. The van der Waals surface area contributed by atoms with E-state index < -0.39 is 43.3 Å². The van der Waals surface area contributed by atoms with Crippen LogP contribution in [0.1, 0.15) is 25.7 Å². The molecule has 32 heavy (non-hydrogen) atoms.